The molecule has 1 aromatic heterocycles. The Hall–Kier alpha value is -0.930. The van der Waals surface area contributed by atoms with Gasteiger partial charge in [0.05, 0.1) is 0 Å². The summed E-state index contributed by atoms with van der Waals surface area (Å²) in [5, 5.41) is 0. The van der Waals surface area contributed by atoms with Crippen LogP contribution in [0.4, 0.5) is 0 Å². The molecule has 0 radical (unpaired) electrons. The molecule has 1 atom stereocenters. The zero-order valence-electron chi connectivity index (χ0n) is 12.5. The number of hydrogen-bond acceptors (Lipinski definition) is 3. The third kappa shape index (κ3) is 6.69. The highest BCUT2D eigenvalue weighted by Crippen LogP contribution is 2.19. The van der Waals surface area contributed by atoms with Crippen LogP contribution in [0.15, 0.2) is 18.5 Å². The average molecular weight is 263 g/mol. The maximum Gasteiger partial charge on any atom is 0.0475 e. The molecule has 0 saturated carbocycles. The van der Waals surface area contributed by atoms with Crippen molar-refractivity contribution >= 4 is 0 Å². The fourth-order valence-corrected chi connectivity index (χ4v) is 2.42. The number of nitrogens with one attached hydrogen (secondary N) is 1. The van der Waals surface area contributed by atoms with Crippen molar-refractivity contribution in [1.82, 2.24) is 10.4 Å². The first-order valence-electron chi connectivity index (χ1n) is 7.65. The molecule has 3 nitrogen and oxygen atoms in total. The molecular weight excluding hydrogens is 234 g/mol. The number of rotatable bonds is 10. The number of aryl methyl sites for hydroxylation is 1. The maximum absolute atomic E-state index is 5.66. The standard InChI is InChI=1S/C16H29N3/c1-3-4-5-6-7-8-9-10-16(19-17)15-11-14(2)12-18-13-15/h11-13,16,19H,3-10,17H2,1-2H3. The van der Waals surface area contributed by atoms with E-state index >= 15 is 0 Å². The zero-order chi connectivity index (χ0) is 13.9. The van der Waals surface area contributed by atoms with E-state index in [1.54, 1.807) is 0 Å². The summed E-state index contributed by atoms with van der Waals surface area (Å²) in [6.45, 7) is 4.32. The molecule has 0 saturated heterocycles. The van der Waals surface area contributed by atoms with E-state index in [0.29, 0.717) is 0 Å². The molecule has 108 valence electrons. The van der Waals surface area contributed by atoms with Crippen LogP contribution in [0.1, 0.15) is 75.5 Å². The van der Waals surface area contributed by atoms with Crippen LogP contribution in [0.5, 0.6) is 0 Å². The molecule has 3 heteroatoms. The molecule has 0 aliphatic rings. The molecular formula is C16H29N3. The minimum absolute atomic E-state index is 0.239. The van der Waals surface area contributed by atoms with E-state index in [2.05, 4.69) is 30.3 Å². The second kappa shape index (κ2) is 9.93. The van der Waals surface area contributed by atoms with Gasteiger partial charge in [0.1, 0.15) is 0 Å². The fraction of sp³-hybridized carbons (Fsp3) is 0.688. The lowest BCUT2D eigenvalue weighted by atomic mass is 10.0. The predicted octanol–water partition coefficient (Wildman–Crippen LogP) is 4.04. The summed E-state index contributed by atoms with van der Waals surface area (Å²) in [5.41, 5.74) is 5.31. The van der Waals surface area contributed by atoms with E-state index in [9.17, 15) is 0 Å². The van der Waals surface area contributed by atoms with Crippen molar-refractivity contribution in [2.45, 2.75) is 71.3 Å². The summed E-state index contributed by atoms with van der Waals surface area (Å²) in [6.07, 6.45) is 14.2. The number of hydrazine groups is 1. The van der Waals surface area contributed by atoms with Crippen molar-refractivity contribution in [2.24, 2.45) is 5.84 Å². The van der Waals surface area contributed by atoms with Crippen LogP contribution in [0.25, 0.3) is 0 Å². The molecule has 0 aromatic carbocycles. The number of unbranched alkanes of at least 4 members (excludes halogenated alkanes) is 6. The van der Waals surface area contributed by atoms with Gasteiger partial charge in [-0.05, 0) is 24.5 Å². The first-order valence-corrected chi connectivity index (χ1v) is 7.65. The lowest BCUT2D eigenvalue weighted by Crippen LogP contribution is -2.28. The van der Waals surface area contributed by atoms with Gasteiger partial charge < -0.3 is 0 Å². The van der Waals surface area contributed by atoms with Crippen molar-refractivity contribution in [3.63, 3.8) is 0 Å². The quantitative estimate of drug-likeness (QED) is 0.380. The van der Waals surface area contributed by atoms with Crippen LogP contribution in [0, 0.1) is 6.92 Å². The molecule has 0 bridgehead atoms. The molecule has 0 fully saturated rings. The van der Waals surface area contributed by atoms with Gasteiger partial charge in [-0.2, -0.15) is 0 Å². The molecule has 19 heavy (non-hydrogen) atoms. The molecule has 1 aromatic rings. The minimum Gasteiger partial charge on any atom is -0.271 e. The van der Waals surface area contributed by atoms with Crippen molar-refractivity contribution in [1.29, 1.82) is 0 Å². The van der Waals surface area contributed by atoms with Crippen LogP contribution in [0.2, 0.25) is 0 Å². The Bertz CT molecular complexity index is 339. The van der Waals surface area contributed by atoms with Crippen molar-refractivity contribution in [2.75, 3.05) is 0 Å². The number of pyridine rings is 1. The van der Waals surface area contributed by atoms with Crippen LogP contribution in [-0.2, 0) is 0 Å². The summed E-state index contributed by atoms with van der Waals surface area (Å²) >= 11 is 0. The Balaban J connectivity index is 2.22. The van der Waals surface area contributed by atoms with Gasteiger partial charge in [0, 0.05) is 18.4 Å². The maximum atomic E-state index is 5.66. The molecule has 3 N–H and O–H groups in total. The topological polar surface area (TPSA) is 50.9 Å². The average Bonchev–Trinajstić information content (AvgIpc) is 2.42. The summed E-state index contributed by atoms with van der Waals surface area (Å²) < 4.78 is 0. The van der Waals surface area contributed by atoms with E-state index in [1.807, 2.05) is 12.4 Å². The molecule has 0 aliphatic carbocycles. The van der Waals surface area contributed by atoms with Gasteiger partial charge in [-0.15, -0.1) is 0 Å². The van der Waals surface area contributed by atoms with Gasteiger partial charge in [0.2, 0.25) is 0 Å². The number of hydrogen-bond donors (Lipinski definition) is 2. The summed E-state index contributed by atoms with van der Waals surface area (Å²) in [6, 6.07) is 2.40. The smallest absolute Gasteiger partial charge is 0.0475 e. The van der Waals surface area contributed by atoms with E-state index in [0.717, 1.165) is 6.42 Å². The Morgan fingerprint density at radius 2 is 1.79 bits per heavy atom. The Morgan fingerprint density at radius 3 is 2.42 bits per heavy atom. The van der Waals surface area contributed by atoms with Gasteiger partial charge in [0.15, 0.2) is 0 Å². The van der Waals surface area contributed by atoms with E-state index in [4.69, 9.17) is 5.84 Å². The van der Waals surface area contributed by atoms with Gasteiger partial charge in [-0.1, -0.05) is 57.9 Å². The summed E-state index contributed by atoms with van der Waals surface area (Å²) in [7, 11) is 0. The zero-order valence-corrected chi connectivity index (χ0v) is 12.5. The molecule has 1 rings (SSSR count). The molecule has 0 aliphatic heterocycles. The minimum atomic E-state index is 0.239. The first-order chi connectivity index (χ1) is 9.27. The fourth-order valence-electron chi connectivity index (χ4n) is 2.42. The third-order valence-corrected chi connectivity index (χ3v) is 3.60. The van der Waals surface area contributed by atoms with Gasteiger partial charge in [-0.3, -0.25) is 16.3 Å². The largest absolute Gasteiger partial charge is 0.271 e. The van der Waals surface area contributed by atoms with Crippen LogP contribution in [-0.4, -0.2) is 4.98 Å². The Kier molecular flexibility index (Phi) is 8.43. The van der Waals surface area contributed by atoms with Crippen molar-refractivity contribution in [3.8, 4) is 0 Å². The first kappa shape index (κ1) is 16.1. The molecule has 0 amide bonds. The monoisotopic (exact) mass is 263 g/mol. The van der Waals surface area contributed by atoms with Crippen LogP contribution < -0.4 is 11.3 Å². The number of aromatic nitrogens is 1. The molecule has 0 spiro atoms. The van der Waals surface area contributed by atoms with Gasteiger partial charge in [0.25, 0.3) is 0 Å². The Morgan fingerprint density at radius 1 is 1.11 bits per heavy atom. The van der Waals surface area contributed by atoms with Crippen LogP contribution >= 0.6 is 0 Å². The highest BCUT2D eigenvalue weighted by molar-refractivity contribution is 5.19. The molecule has 1 unspecified atom stereocenters. The third-order valence-electron chi connectivity index (χ3n) is 3.60. The normalized spacial score (nSPS) is 12.6. The van der Waals surface area contributed by atoms with Gasteiger partial charge >= 0.3 is 0 Å². The van der Waals surface area contributed by atoms with Gasteiger partial charge in [-0.25, -0.2) is 0 Å². The highest BCUT2D eigenvalue weighted by Gasteiger charge is 2.09. The number of nitrogens with two attached hydrogens (primary N) is 1. The summed E-state index contributed by atoms with van der Waals surface area (Å²) in [4.78, 5) is 4.24. The molecule has 1 heterocycles. The van der Waals surface area contributed by atoms with E-state index in [-0.39, 0.29) is 6.04 Å². The van der Waals surface area contributed by atoms with E-state index < -0.39 is 0 Å². The SMILES string of the molecule is CCCCCCCCCC(NN)c1cncc(C)c1. The second-order valence-electron chi connectivity index (χ2n) is 5.42. The van der Waals surface area contributed by atoms with Crippen molar-refractivity contribution in [3.05, 3.63) is 29.6 Å². The van der Waals surface area contributed by atoms with E-state index in [1.165, 1.54) is 56.1 Å². The predicted molar refractivity (Wildman–Crippen MR) is 81.6 cm³/mol. The number of nitrogens with zero attached hydrogens (tertiary/aromatic N) is 1. The Labute approximate surface area is 118 Å². The lowest BCUT2D eigenvalue weighted by Gasteiger charge is -2.16. The van der Waals surface area contributed by atoms with Crippen LogP contribution in [0.3, 0.4) is 0 Å². The highest BCUT2D eigenvalue weighted by atomic mass is 15.2. The summed E-state index contributed by atoms with van der Waals surface area (Å²) in [5.74, 6) is 5.66. The van der Waals surface area contributed by atoms with Crippen molar-refractivity contribution < 1.29 is 0 Å². The second-order valence-corrected chi connectivity index (χ2v) is 5.42. The lowest BCUT2D eigenvalue weighted by molar-refractivity contribution is 0.474.